The van der Waals surface area contributed by atoms with Crippen molar-refractivity contribution in [1.29, 1.82) is 0 Å². The molecule has 3 N–H and O–H groups in total. The van der Waals surface area contributed by atoms with E-state index in [-0.39, 0.29) is 0 Å². The van der Waals surface area contributed by atoms with Gasteiger partial charge in [-0.25, -0.2) is 0 Å². The van der Waals surface area contributed by atoms with E-state index in [4.69, 9.17) is 4.74 Å². The van der Waals surface area contributed by atoms with Crippen LogP contribution in [-0.4, -0.2) is 28.8 Å². The fourth-order valence-electron chi connectivity index (χ4n) is 1.74. The smallest absolute Gasteiger partial charge is 0.214 e. The molecule has 2 rings (SSSR count). The predicted molar refractivity (Wildman–Crippen MR) is 76.8 cm³/mol. The quantitative estimate of drug-likeness (QED) is 0.533. The fraction of sp³-hybridized carbons (Fsp3) is 0.538. The van der Waals surface area contributed by atoms with Crippen LogP contribution in [0.1, 0.15) is 31.4 Å². The molecule has 1 unspecified atom stereocenters. The monoisotopic (exact) mass is 363 g/mol. The van der Waals surface area contributed by atoms with Crippen LogP contribution < -0.4 is 5.32 Å². The summed E-state index contributed by atoms with van der Waals surface area (Å²) in [5, 5.41) is 22.8. The van der Waals surface area contributed by atoms with Gasteiger partial charge in [0.05, 0.1) is 6.10 Å². The highest BCUT2D eigenvalue weighted by atomic mass is 127. The minimum absolute atomic E-state index is 0.362. The molecule has 0 bridgehead atoms. The zero-order chi connectivity index (χ0) is 13.1. The van der Waals surface area contributed by atoms with Crippen molar-refractivity contribution in [3.63, 3.8) is 0 Å². The third-order valence-electron chi connectivity index (χ3n) is 2.97. The highest BCUT2D eigenvalue weighted by molar-refractivity contribution is 14.1. The van der Waals surface area contributed by atoms with Crippen LogP contribution in [0.5, 0.6) is 0 Å². The van der Waals surface area contributed by atoms with Gasteiger partial charge in [-0.1, -0.05) is 18.2 Å². The van der Waals surface area contributed by atoms with E-state index in [2.05, 4.69) is 27.9 Å². The predicted octanol–water partition coefficient (Wildman–Crippen LogP) is 1.76. The van der Waals surface area contributed by atoms with Gasteiger partial charge >= 0.3 is 0 Å². The van der Waals surface area contributed by atoms with E-state index < -0.39 is 18.6 Å². The van der Waals surface area contributed by atoms with E-state index in [1.165, 1.54) is 0 Å². The van der Waals surface area contributed by atoms with Crippen molar-refractivity contribution in [1.82, 2.24) is 5.32 Å². The summed E-state index contributed by atoms with van der Waals surface area (Å²) in [6.07, 6.45) is -0.0681. The molecule has 0 aliphatic heterocycles. The zero-order valence-electron chi connectivity index (χ0n) is 10.2. The molecule has 0 saturated heterocycles. The Bertz CT molecular complexity index is 398. The maximum atomic E-state index is 10.2. The third kappa shape index (κ3) is 3.89. The van der Waals surface area contributed by atoms with Crippen LogP contribution in [-0.2, 0) is 4.74 Å². The minimum Gasteiger partial charge on any atom is -0.386 e. The lowest BCUT2D eigenvalue weighted by molar-refractivity contribution is -0.176. The van der Waals surface area contributed by atoms with Crippen molar-refractivity contribution in [3.8, 4) is 0 Å². The van der Waals surface area contributed by atoms with Crippen molar-refractivity contribution in [2.45, 2.75) is 44.4 Å². The molecule has 5 heteroatoms. The number of ether oxygens (including phenoxy) is 1. The second-order valence-electron chi connectivity index (χ2n) is 4.60. The van der Waals surface area contributed by atoms with Crippen molar-refractivity contribution >= 4 is 22.6 Å². The number of aliphatic hydroxyl groups excluding tert-OH is 2. The summed E-state index contributed by atoms with van der Waals surface area (Å²) < 4.78 is 6.35. The van der Waals surface area contributed by atoms with Crippen LogP contribution in [0.15, 0.2) is 24.3 Å². The first-order chi connectivity index (χ1) is 8.58. The van der Waals surface area contributed by atoms with Gasteiger partial charge < -0.3 is 14.9 Å². The number of benzene rings is 1. The molecule has 1 fully saturated rings. The van der Waals surface area contributed by atoms with Gasteiger partial charge in [-0.05, 0) is 54.0 Å². The van der Waals surface area contributed by atoms with Gasteiger partial charge in [0.1, 0.15) is 6.10 Å². The van der Waals surface area contributed by atoms with E-state index in [1.807, 2.05) is 24.3 Å². The first kappa shape index (κ1) is 14.2. The molecule has 0 radical (unpaired) electrons. The summed E-state index contributed by atoms with van der Waals surface area (Å²) in [5.74, 6) is 0. The second-order valence-corrected chi connectivity index (χ2v) is 5.76. The number of hydrogen-bond acceptors (Lipinski definition) is 4. The van der Waals surface area contributed by atoms with Gasteiger partial charge in [0.15, 0.2) is 0 Å². The van der Waals surface area contributed by atoms with Crippen LogP contribution in [0.4, 0.5) is 0 Å². The molecule has 1 saturated carbocycles. The summed E-state index contributed by atoms with van der Waals surface area (Å²) in [6, 6.07) is 7.97. The Morgan fingerprint density at radius 1 is 1.33 bits per heavy atom. The fourth-order valence-corrected chi connectivity index (χ4v) is 2.44. The summed E-state index contributed by atoms with van der Waals surface area (Å²) in [5.41, 5.74) is 0.823. The Balaban J connectivity index is 1.91. The first-order valence-corrected chi connectivity index (χ1v) is 7.18. The summed E-state index contributed by atoms with van der Waals surface area (Å²) in [7, 11) is 0. The molecular weight excluding hydrogens is 345 g/mol. The highest BCUT2D eigenvalue weighted by Gasteiger charge is 2.27. The first-order valence-electron chi connectivity index (χ1n) is 6.10. The Morgan fingerprint density at radius 3 is 2.61 bits per heavy atom. The second kappa shape index (κ2) is 6.29. The largest absolute Gasteiger partial charge is 0.386 e. The molecule has 0 aromatic heterocycles. The molecule has 0 spiro atoms. The van der Waals surface area contributed by atoms with Crippen LogP contribution in [0, 0.1) is 3.57 Å². The van der Waals surface area contributed by atoms with Crippen LogP contribution >= 0.6 is 22.6 Å². The van der Waals surface area contributed by atoms with Crippen molar-refractivity contribution in [2.75, 3.05) is 0 Å². The average Bonchev–Trinajstić information content (AvgIpc) is 3.12. The normalized spacial score (nSPS) is 20.4. The zero-order valence-corrected chi connectivity index (χ0v) is 12.4. The molecule has 0 amide bonds. The van der Waals surface area contributed by atoms with E-state index in [0.717, 1.165) is 22.0 Å². The molecule has 0 heterocycles. The van der Waals surface area contributed by atoms with Gasteiger partial charge in [0.2, 0.25) is 6.41 Å². The Kier molecular flexibility index (Phi) is 4.97. The molecule has 1 aromatic rings. The highest BCUT2D eigenvalue weighted by Crippen LogP contribution is 2.25. The van der Waals surface area contributed by atoms with Crippen LogP contribution in [0.2, 0.25) is 0 Å². The summed E-state index contributed by atoms with van der Waals surface area (Å²) in [4.78, 5) is 0. The van der Waals surface area contributed by atoms with Crippen LogP contribution in [0.25, 0.3) is 0 Å². The van der Waals surface area contributed by atoms with E-state index in [0.29, 0.717) is 6.04 Å². The maximum absolute atomic E-state index is 10.2. The topological polar surface area (TPSA) is 61.7 Å². The van der Waals surface area contributed by atoms with Gasteiger partial charge in [0, 0.05) is 9.61 Å². The van der Waals surface area contributed by atoms with E-state index >= 15 is 0 Å². The summed E-state index contributed by atoms with van der Waals surface area (Å²) >= 11 is 2.18. The Hall–Kier alpha value is -0.210. The van der Waals surface area contributed by atoms with Gasteiger partial charge in [-0.3, -0.25) is 5.32 Å². The van der Waals surface area contributed by atoms with Crippen LogP contribution in [0.3, 0.4) is 0 Å². The molecule has 1 aliphatic rings. The molecule has 4 nitrogen and oxygen atoms in total. The van der Waals surface area contributed by atoms with Gasteiger partial charge in [0.25, 0.3) is 0 Å². The number of halogens is 1. The third-order valence-corrected chi connectivity index (χ3v) is 3.95. The Morgan fingerprint density at radius 2 is 2.00 bits per heavy atom. The molecule has 18 heavy (non-hydrogen) atoms. The molecule has 1 aliphatic carbocycles. The SMILES string of the molecule is C[C@H](OC(O)NC1CC1)[C@@H](O)c1ccccc1I. The molecule has 3 atom stereocenters. The van der Waals surface area contributed by atoms with E-state index in [1.54, 1.807) is 6.92 Å². The lowest BCUT2D eigenvalue weighted by Crippen LogP contribution is -2.37. The number of hydrogen-bond donors (Lipinski definition) is 3. The molecular formula is C13H18INO3. The molecule has 100 valence electrons. The summed E-state index contributed by atoms with van der Waals surface area (Å²) in [6.45, 7) is 1.76. The van der Waals surface area contributed by atoms with Crippen molar-refractivity contribution in [2.24, 2.45) is 0 Å². The number of rotatable bonds is 6. The van der Waals surface area contributed by atoms with E-state index in [9.17, 15) is 10.2 Å². The van der Waals surface area contributed by atoms with Gasteiger partial charge in [-0.15, -0.1) is 0 Å². The minimum atomic E-state index is -1.01. The maximum Gasteiger partial charge on any atom is 0.214 e. The van der Waals surface area contributed by atoms with Crippen molar-refractivity contribution in [3.05, 3.63) is 33.4 Å². The number of aliphatic hydroxyl groups is 2. The average molecular weight is 363 g/mol. The lowest BCUT2D eigenvalue weighted by Gasteiger charge is -2.24. The molecule has 1 aromatic carbocycles. The number of nitrogens with one attached hydrogen (secondary N) is 1. The van der Waals surface area contributed by atoms with Gasteiger partial charge in [-0.2, -0.15) is 0 Å². The van der Waals surface area contributed by atoms with Crippen molar-refractivity contribution < 1.29 is 14.9 Å². The Labute approximate surface area is 120 Å². The standard InChI is InChI=1S/C13H18INO3/c1-8(18-13(17)15-9-6-7-9)12(16)10-4-2-3-5-11(10)14/h2-5,8-9,12-13,15-17H,6-7H2,1H3/t8-,12+,13?/m0/s1. The lowest BCUT2D eigenvalue weighted by atomic mass is 10.1.